The minimum Gasteiger partial charge on any atom is -0.448 e. The zero-order valence-corrected chi connectivity index (χ0v) is 14.5. The summed E-state index contributed by atoms with van der Waals surface area (Å²) in [6, 6.07) is 6.08. The Morgan fingerprint density at radius 3 is 2.64 bits per heavy atom. The summed E-state index contributed by atoms with van der Waals surface area (Å²) in [6.45, 7) is 2.92. The lowest BCUT2D eigenvalue weighted by Gasteiger charge is -2.11. The van der Waals surface area contributed by atoms with Gasteiger partial charge in [0.25, 0.3) is 5.91 Å². The first-order chi connectivity index (χ1) is 11.8. The summed E-state index contributed by atoms with van der Waals surface area (Å²) in [7, 11) is 1.36. The van der Waals surface area contributed by atoms with Crippen molar-refractivity contribution in [3.8, 4) is 5.69 Å². The van der Waals surface area contributed by atoms with E-state index in [1.165, 1.54) is 18.8 Å². The fourth-order valence-electron chi connectivity index (χ4n) is 1.83. The van der Waals surface area contributed by atoms with Crippen molar-refractivity contribution in [2.75, 3.05) is 7.05 Å². The van der Waals surface area contributed by atoms with E-state index in [4.69, 9.17) is 16.3 Å². The highest BCUT2D eigenvalue weighted by molar-refractivity contribution is 6.30. The molecule has 0 bridgehead atoms. The maximum Gasteiger partial charge on any atom is 0.361 e. The van der Waals surface area contributed by atoms with E-state index in [1.54, 1.807) is 31.2 Å². The first-order valence-electron chi connectivity index (χ1n) is 7.25. The summed E-state index contributed by atoms with van der Waals surface area (Å²) >= 11 is 5.92. The van der Waals surface area contributed by atoms with Crippen molar-refractivity contribution in [2.24, 2.45) is 0 Å². The zero-order chi connectivity index (χ0) is 18.6. The van der Waals surface area contributed by atoms with Crippen LogP contribution in [0.15, 0.2) is 24.3 Å². The molecule has 0 aliphatic heterocycles. The second-order valence-electron chi connectivity index (χ2n) is 5.02. The lowest BCUT2D eigenvalue weighted by molar-refractivity contribution is -0.127. The highest BCUT2D eigenvalue weighted by Gasteiger charge is 2.24. The van der Waals surface area contributed by atoms with Gasteiger partial charge in [-0.05, 0) is 32.0 Å². The summed E-state index contributed by atoms with van der Waals surface area (Å²) in [6.07, 6.45) is -1.18. The van der Waals surface area contributed by atoms with E-state index in [1.807, 2.05) is 5.32 Å². The summed E-state index contributed by atoms with van der Waals surface area (Å²) < 4.78 is 5.02. The number of rotatable bonds is 4. The number of carbonyl (C=O) groups is 3. The number of esters is 1. The average molecular weight is 366 g/mol. The fourth-order valence-corrected chi connectivity index (χ4v) is 2.01. The third kappa shape index (κ3) is 4.54. The molecule has 2 rings (SSSR count). The molecule has 2 N–H and O–H groups in total. The van der Waals surface area contributed by atoms with E-state index in [9.17, 15) is 14.4 Å². The highest BCUT2D eigenvalue weighted by Crippen LogP contribution is 2.15. The van der Waals surface area contributed by atoms with Crippen molar-refractivity contribution in [2.45, 2.75) is 20.0 Å². The molecule has 1 aromatic carbocycles. The van der Waals surface area contributed by atoms with Crippen LogP contribution in [0, 0.1) is 6.92 Å². The molecule has 0 radical (unpaired) electrons. The van der Waals surface area contributed by atoms with Gasteiger partial charge in [0.15, 0.2) is 11.8 Å². The molecule has 0 saturated carbocycles. The van der Waals surface area contributed by atoms with Gasteiger partial charge < -0.3 is 10.1 Å². The zero-order valence-electron chi connectivity index (χ0n) is 13.7. The van der Waals surface area contributed by atoms with Crippen molar-refractivity contribution in [1.29, 1.82) is 0 Å². The quantitative estimate of drug-likeness (QED) is 0.787. The van der Waals surface area contributed by atoms with Gasteiger partial charge in [-0.15, -0.1) is 5.10 Å². The Kier molecular flexibility index (Phi) is 5.71. The Bertz CT molecular complexity index is 820. The van der Waals surface area contributed by atoms with E-state index < -0.39 is 24.0 Å². The van der Waals surface area contributed by atoms with Crippen LogP contribution in [0.5, 0.6) is 0 Å². The van der Waals surface area contributed by atoms with Gasteiger partial charge in [-0.25, -0.2) is 9.59 Å². The highest BCUT2D eigenvalue weighted by atomic mass is 35.5. The first-order valence-corrected chi connectivity index (χ1v) is 7.63. The predicted molar refractivity (Wildman–Crippen MR) is 88.6 cm³/mol. The van der Waals surface area contributed by atoms with Crippen LogP contribution >= 0.6 is 11.6 Å². The van der Waals surface area contributed by atoms with E-state index >= 15 is 0 Å². The number of carbonyl (C=O) groups excluding carboxylic acids is 3. The monoisotopic (exact) mass is 365 g/mol. The van der Waals surface area contributed by atoms with Gasteiger partial charge in [0.05, 0.1) is 11.4 Å². The molecule has 1 heterocycles. The van der Waals surface area contributed by atoms with Crippen LogP contribution in [0.1, 0.15) is 23.1 Å². The van der Waals surface area contributed by atoms with Crippen molar-refractivity contribution < 1.29 is 19.1 Å². The number of hydrogen-bond acceptors (Lipinski definition) is 6. The van der Waals surface area contributed by atoms with Crippen LogP contribution in [0.3, 0.4) is 0 Å². The van der Waals surface area contributed by atoms with Crippen LogP contribution in [0.25, 0.3) is 5.69 Å². The number of amides is 3. The average Bonchev–Trinajstić information content (AvgIpc) is 2.96. The standard InChI is InChI=1S/C15H16ClN5O4/c1-8-12(14(23)25-9(2)13(22)18-15(24)17-3)20-21(19-8)11-6-4-5-10(16)7-11/h4-7,9H,1-3H3,(H2,17,18,22,24)/t9-/m1/s1. The van der Waals surface area contributed by atoms with Crippen LogP contribution < -0.4 is 10.6 Å². The van der Waals surface area contributed by atoms with Gasteiger partial charge in [-0.3, -0.25) is 10.1 Å². The molecule has 2 aromatic rings. The largest absolute Gasteiger partial charge is 0.448 e. The molecular formula is C15H16ClN5O4. The molecule has 0 unspecified atom stereocenters. The Hall–Kier alpha value is -2.94. The lowest BCUT2D eigenvalue weighted by Crippen LogP contribution is -2.43. The Labute approximate surface area is 148 Å². The fraction of sp³-hybridized carbons (Fsp3) is 0.267. The molecule has 25 heavy (non-hydrogen) atoms. The van der Waals surface area contributed by atoms with Crippen LogP contribution in [-0.2, 0) is 9.53 Å². The number of nitrogens with zero attached hydrogens (tertiary/aromatic N) is 3. The minimum atomic E-state index is -1.18. The molecule has 0 saturated heterocycles. The third-order valence-electron chi connectivity index (χ3n) is 3.13. The topological polar surface area (TPSA) is 115 Å². The van der Waals surface area contributed by atoms with Gasteiger partial charge in [0.2, 0.25) is 0 Å². The number of urea groups is 1. The van der Waals surface area contributed by atoms with Crippen molar-refractivity contribution in [3.63, 3.8) is 0 Å². The van der Waals surface area contributed by atoms with Gasteiger partial charge in [-0.1, -0.05) is 17.7 Å². The smallest absolute Gasteiger partial charge is 0.361 e. The molecule has 1 aromatic heterocycles. The lowest BCUT2D eigenvalue weighted by atomic mass is 10.3. The minimum absolute atomic E-state index is 0.0421. The molecule has 3 amide bonds. The molecule has 0 fully saturated rings. The van der Waals surface area contributed by atoms with Gasteiger partial charge >= 0.3 is 12.0 Å². The number of aromatic nitrogens is 3. The second kappa shape index (κ2) is 7.75. The Morgan fingerprint density at radius 2 is 2.00 bits per heavy atom. The number of hydrogen-bond donors (Lipinski definition) is 2. The van der Waals surface area contributed by atoms with E-state index in [2.05, 4.69) is 15.5 Å². The Balaban J connectivity index is 2.12. The van der Waals surface area contributed by atoms with E-state index in [-0.39, 0.29) is 5.69 Å². The molecule has 0 aliphatic carbocycles. The van der Waals surface area contributed by atoms with Crippen molar-refractivity contribution in [1.82, 2.24) is 25.6 Å². The molecule has 1 atom stereocenters. The first kappa shape index (κ1) is 18.4. The third-order valence-corrected chi connectivity index (χ3v) is 3.37. The number of benzene rings is 1. The molecule has 10 heteroatoms. The number of aryl methyl sites for hydroxylation is 1. The molecule has 9 nitrogen and oxygen atoms in total. The summed E-state index contributed by atoms with van der Waals surface area (Å²) in [5, 5.41) is 12.9. The predicted octanol–water partition coefficient (Wildman–Crippen LogP) is 1.23. The summed E-state index contributed by atoms with van der Waals surface area (Å²) in [5.74, 6) is -1.59. The van der Waals surface area contributed by atoms with Crippen LogP contribution in [0.4, 0.5) is 4.79 Å². The maximum absolute atomic E-state index is 12.2. The van der Waals surface area contributed by atoms with Gasteiger partial charge in [0, 0.05) is 12.1 Å². The summed E-state index contributed by atoms with van der Waals surface area (Å²) in [5.41, 5.74) is 0.850. The number of nitrogens with one attached hydrogen (secondary N) is 2. The van der Waals surface area contributed by atoms with Gasteiger partial charge in [0.1, 0.15) is 0 Å². The number of halogens is 1. The van der Waals surface area contributed by atoms with E-state index in [0.717, 1.165) is 0 Å². The summed E-state index contributed by atoms with van der Waals surface area (Å²) in [4.78, 5) is 36.3. The van der Waals surface area contributed by atoms with Crippen molar-refractivity contribution in [3.05, 3.63) is 40.7 Å². The van der Waals surface area contributed by atoms with Crippen LogP contribution in [-0.4, -0.2) is 46.1 Å². The number of imide groups is 1. The maximum atomic E-state index is 12.2. The number of ether oxygens (including phenoxy) is 1. The normalized spacial score (nSPS) is 11.5. The molecule has 0 aliphatic rings. The van der Waals surface area contributed by atoms with Crippen molar-refractivity contribution >= 4 is 29.5 Å². The molecule has 0 spiro atoms. The van der Waals surface area contributed by atoms with Crippen LogP contribution in [0.2, 0.25) is 5.02 Å². The van der Waals surface area contributed by atoms with Gasteiger partial charge in [-0.2, -0.15) is 9.90 Å². The Morgan fingerprint density at radius 1 is 1.28 bits per heavy atom. The molecule has 132 valence electrons. The molecular weight excluding hydrogens is 350 g/mol. The second-order valence-corrected chi connectivity index (χ2v) is 5.46. The van der Waals surface area contributed by atoms with E-state index in [0.29, 0.717) is 16.4 Å². The SMILES string of the molecule is CNC(=O)NC(=O)[C@@H](C)OC(=O)c1nn(-c2cccc(Cl)c2)nc1C.